The normalized spacial score (nSPS) is 13.6. The number of hydrogen-bond acceptors (Lipinski definition) is 3. The molecule has 2 aromatic carbocycles. The van der Waals surface area contributed by atoms with E-state index in [0.717, 1.165) is 0 Å². The van der Waals surface area contributed by atoms with Crippen LogP contribution in [0, 0.1) is 27.7 Å². The SMILES string of the molecule is Cc1cccc(C)c1S[C@H](C)C(=O)[C@@H](C)Sc1c(C)cccc1C. The van der Waals surface area contributed by atoms with Crippen LogP contribution in [0.15, 0.2) is 46.2 Å². The number of Topliss-reactive ketones (excluding diaryl/α,β-unsaturated/α-hetero) is 1. The fourth-order valence-corrected chi connectivity index (χ4v) is 5.22. The number of ketones is 1. The van der Waals surface area contributed by atoms with E-state index in [1.54, 1.807) is 23.5 Å². The Kier molecular flexibility index (Phi) is 6.59. The van der Waals surface area contributed by atoms with E-state index in [9.17, 15) is 4.79 Å². The van der Waals surface area contributed by atoms with Gasteiger partial charge in [0.2, 0.25) is 0 Å². The molecular formula is C21H26OS2. The highest BCUT2D eigenvalue weighted by molar-refractivity contribution is 8.02. The van der Waals surface area contributed by atoms with Crippen molar-refractivity contribution in [3.8, 4) is 0 Å². The second kappa shape index (κ2) is 8.26. The second-order valence-electron chi connectivity index (χ2n) is 6.36. The van der Waals surface area contributed by atoms with Gasteiger partial charge >= 0.3 is 0 Å². The highest BCUT2D eigenvalue weighted by Crippen LogP contribution is 2.35. The van der Waals surface area contributed by atoms with Gasteiger partial charge in [0.15, 0.2) is 5.78 Å². The molecule has 0 aliphatic carbocycles. The number of thioether (sulfide) groups is 2. The van der Waals surface area contributed by atoms with E-state index in [2.05, 4.69) is 64.1 Å². The predicted octanol–water partition coefficient (Wildman–Crippen LogP) is 6.15. The average molecular weight is 359 g/mol. The van der Waals surface area contributed by atoms with Crippen molar-refractivity contribution in [2.75, 3.05) is 0 Å². The maximum atomic E-state index is 12.9. The van der Waals surface area contributed by atoms with Crippen molar-refractivity contribution in [3.63, 3.8) is 0 Å². The molecular weight excluding hydrogens is 332 g/mol. The van der Waals surface area contributed by atoms with Gasteiger partial charge in [0.1, 0.15) is 0 Å². The van der Waals surface area contributed by atoms with Crippen LogP contribution in [-0.2, 0) is 4.79 Å². The third kappa shape index (κ3) is 4.46. The number of benzene rings is 2. The van der Waals surface area contributed by atoms with E-state index in [1.807, 2.05) is 13.8 Å². The van der Waals surface area contributed by atoms with E-state index in [4.69, 9.17) is 0 Å². The van der Waals surface area contributed by atoms with Crippen LogP contribution in [0.4, 0.5) is 0 Å². The van der Waals surface area contributed by atoms with Crippen LogP contribution in [0.25, 0.3) is 0 Å². The minimum Gasteiger partial charge on any atom is -0.297 e. The number of hydrogen-bond donors (Lipinski definition) is 0. The van der Waals surface area contributed by atoms with Crippen molar-refractivity contribution in [2.24, 2.45) is 0 Å². The largest absolute Gasteiger partial charge is 0.297 e. The molecule has 0 spiro atoms. The van der Waals surface area contributed by atoms with Crippen molar-refractivity contribution in [3.05, 3.63) is 58.7 Å². The van der Waals surface area contributed by atoms with Gasteiger partial charge in [0.25, 0.3) is 0 Å². The highest BCUT2D eigenvalue weighted by Gasteiger charge is 2.23. The van der Waals surface area contributed by atoms with E-state index >= 15 is 0 Å². The van der Waals surface area contributed by atoms with Crippen LogP contribution in [0.2, 0.25) is 0 Å². The van der Waals surface area contributed by atoms with E-state index < -0.39 is 0 Å². The first kappa shape index (κ1) is 19.1. The molecule has 0 radical (unpaired) electrons. The summed E-state index contributed by atoms with van der Waals surface area (Å²) in [5, 5.41) is -0.0896. The summed E-state index contributed by atoms with van der Waals surface area (Å²) in [6, 6.07) is 12.6. The van der Waals surface area contributed by atoms with Crippen LogP contribution < -0.4 is 0 Å². The summed E-state index contributed by atoms with van der Waals surface area (Å²) in [6.45, 7) is 12.5. The fraction of sp³-hybridized carbons (Fsp3) is 0.381. The lowest BCUT2D eigenvalue weighted by atomic mass is 10.2. The summed E-state index contributed by atoms with van der Waals surface area (Å²) < 4.78 is 0. The van der Waals surface area contributed by atoms with Gasteiger partial charge in [-0.05, 0) is 63.8 Å². The molecule has 128 valence electrons. The Labute approximate surface area is 154 Å². The minimum absolute atomic E-state index is 0.0448. The summed E-state index contributed by atoms with van der Waals surface area (Å²) in [6.07, 6.45) is 0. The molecule has 0 aliphatic rings. The molecule has 1 nitrogen and oxygen atoms in total. The lowest BCUT2D eigenvalue weighted by molar-refractivity contribution is -0.117. The van der Waals surface area contributed by atoms with Gasteiger partial charge < -0.3 is 0 Å². The molecule has 0 unspecified atom stereocenters. The van der Waals surface area contributed by atoms with Crippen molar-refractivity contribution in [1.29, 1.82) is 0 Å². The third-order valence-corrected chi connectivity index (χ3v) is 7.14. The molecule has 2 atom stereocenters. The molecule has 2 aromatic rings. The molecule has 0 bridgehead atoms. The molecule has 0 saturated carbocycles. The van der Waals surface area contributed by atoms with Gasteiger partial charge in [-0.1, -0.05) is 36.4 Å². The van der Waals surface area contributed by atoms with Crippen molar-refractivity contribution < 1.29 is 4.79 Å². The Balaban J connectivity index is 2.10. The van der Waals surface area contributed by atoms with E-state index in [0.29, 0.717) is 5.78 Å². The monoisotopic (exact) mass is 358 g/mol. The lowest BCUT2D eigenvalue weighted by Crippen LogP contribution is -2.23. The first-order chi connectivity index (χ1) is 11.3. The first-order valence-electron chi connectivity index (χ1n) is 8.30. The maximum Gasteiger partial charge on any atom is 0.158 e. The standard InChI is InChI=1S/C21H26OS2/c1-13-9-7-10-14(2)20(13)23-17(5)19(22)18(6)24-21-15(3)11-8-12-16(21)4/h7-12,17-18H,1-6H3/t17-,18-/m1/s1. The molecule has 2 rings (SSSR count). The number of aryl methyl sites for hydroxylation is 4. The number of carbonyl (C=O) groups excluding carboxylic acids is 1. The zero-order chi connectivity index (χ0) is 17.9. The van der Waals surface area contributed by atoms with Crippen molar-refractivity contribution in [1.82, 2.24) is 0 Å². The summed E-state index contributed by atoms with van der Waals surface area (Å²) in [7, 11) is 0. The Morgan fingerprint density at radius 3 is 1.29 bits per heavy atom. The first-order valence-corrected chi connectivity index (χ1v) is 10.1. The van der Waals surface area contributed by atoms with Gasteiger partial charge in [-0.2, -0.15) is 0 Å². The van der Waals surface area contributed by atoms with E-state index in [1.165, 1.54) is 32.0 Å². The average Bonchev–Trinajstić information content (AvgIpc) is 2.53. The van der Waals surface area contributed by atoms with Gasteiger partial charge in [-0.25, -0.2) is 0 Å². The zero-order valence-electron chi connectivity index (χ0n) is 15.3. The van der Waals surface area contributed by atoms with Gasteiger partial charge in [-0.3, -0.25) is 4.79 Å². The van der Waals surface area contributed by atoms with Gasteiger partial charge in [0, 0.05) is 9.79 Å². The van der Waals surface area contributed by atoms with Crippen molar-refractivity contribution >= 4 is 29.3 Å². The molecule has 0 fully saturated rings. The second-order valence-corrected chi connectivity index (χ2v) is 9.07. The van der Waals surface area contributed by atoms with Crippen molar-refractivity contribution in [2.45, 2.75) is 61.8 Å². The molecule has 3 heteroatoms. The topological polar surface area (TPSA) is 17.1 Å². The Morgan fingerprint density at radius 1 is 0.708 bits per heavy atom. The minimum atomic E-state index is -0.0448. The molecule has 0 amide bonds. The Hall–Kier alpha value is -1.19. The van der Waals surface area contributed by atoms with Crippen LogP contribution in [0.1, 0.15) is 36.1 Å². The van der Waals surface area contributed by atoms with Crippen LogP contribution >= 0.6 is 23.5 Å². The number of carbonyl (C=O) groups is 1. The molecule has 24 heavy (non-hydrogen) atoms. The van der Waals surface area contributed by atoms with Crippen LogP contribution in [0.5, 0.6) is 0 Å². The molecule has 0 aliphatic heterocycles. The summed E-state index contributed by atoms with van der Waals surface area (Å²) in [5.41, 5.74) is 4.98. The Morgan fingerprint density at radius 2 is 1.00 bits per heavy atom. The fourth-order valence-electron chi connectivity index (χ4n) is 2.77. The molecule has 0 saturated heterocycles. The molecule has 0 heterocycles. The highest BCUT2D eigenvalue weighted by atomic mass is 32.2. The molecule has 0 aromatic heterocycles. The predicted molar refractivity (Wildman–Crippen MR) is 107 cm³/mol. The third-order valence-electron chi connectivity index (χ3n) is 4.21. The van der Waals surface area contributed by atoms with Gasteiger partial charge in [-0.15, -0.1) is 23.5 Å². The quantitative estimate of drug-likeness (QED) is 0.576. The van der Waals surface area contributed by atoms with Crippen LogP contribution in [0.3, 0.4) is 0 Å². The smallest absolute Gasteiger partial charge is 0.158 e. The summed E-state index contributed by atoms with van der Waals surface area (Å²) >= 11 is 3.38. The van der Waals surface area contributed by atoms with E-state index in [-0.39, 0.29) is 10.5 Å². The van der Waals surface area contributed by atoms with Crippen LogP contribution in [-0.4, -0.2) is 16.3 Å². The van der Waals surface area contributed by atoms with Gasteiger partial charge in [0.05, 0.1) is 10.5 Å². The number of rotatable bonds is 6. The maximum absolute atomic E-state index is 12.9. The lowest BCUT2D eigenvalue weighted by Gasteiger charge is -2.19. The summed E-state index contributed by atoms with van der Waals surface area (Å²) in [5.74, 6) is 0.301. The zero-order valence-corrected chi connectivity index (χ0v) is 17.0. The summed E-state index contributed by atoms with van der Waals surface area (Å²) in [4.78, 5) is 15.3. The molecule has 0 N–H and O–H groups in total. The Bertz CT molecular complexity index is 635.